The summed E-state index contributed by atoms with van der Waals surface area (Å²) in [5.74, 6) is 0. The lowest BCUT2D eigenvalue weighted by Gasteiger charge is -2.02. The maximum absolute atomic E-state index is 5.68. The van der Waals surface area contributed by atoms with Crippen molar-refractivity contribution in [2.24, 2.45) is 5.73 Å². The van der Waals surface area contributed by atoms with E-state index in [9.17, 15) is 0 Å². The molecule has 0 saturated carbocycles. The fourth-order valence-corrected chi connectivity index (χ4v) is 2.45. The first-order valence-electron chi connectivity index (χ1n) is 5.52. The monoisotopic (exact) mass is 232 g/mol. The largest absolute Gasteiger partial charge is 0.326 e. The maximum Gasteiger partial charge on any atom is 0.0448 e. The van der Waals surface area contributed by atoms with Crippen LogP contribution in [0.2, 0.25) is 0 Å². The molecule has 3 heteroatoms. The number of aryl methyl sites for hydroxylation is 1. The third-order valence-electron chi connectivity index (χ3n) is 2.69. The lowest BCUT2D eigenvalue weighted by Crippen LogP contribution is -1.99. The standard InChI is InChI=1S/C13H16N2S/c1-2-10-3-4-12(15-9-10)7-11-5-6-16-13(11)8-14/h3-6,9H,2,7-8,14H2,1H3. The Morgan fingerprint density at radius 1 is 1.31 bits per heavy atom. The number of pyridine rings is 1. The lowest BCUT2D eigenvalue weighted by atomic mass is 10.1. The minimum atomic E-state index is 0.625. The first kappa shape index (κ1) is 11.3. The van der Waals surface area contributed by atoms with Crippen LogP contribution in [0.25, 0.3) is 0 Å². The summed E-state index contributed by atoms with van der Waals surface area (Å²) in [5.41, 5.74) is 9.40. The highest BCUT2D eigenvalue weighted by atomic mass is 32.1. The Morgan fingerprint density at radius 3 is 2.81 bits per heavy atom. The molecule has 0 aromatic carbocycles. The normalized spacial score (nSPS) is 10.6. The zero-order valence-electron chi connectivity index (χ0n) is 9.44. The highest BCUT2D eigenvalue weighted by Gasteiger charge is 2.04. The van der Waals surface area contributed by atoms with Crippen molar-refractivity contribution >= 4 is 11.3 Å². The Labute approximate surface area is 100 Å². The fourth-order valence-electron chi connectivity index (χ4n) is 1.67. The van der Waals surface area contributed by atoms with Gasteiger partial charge in [0.25, 0.3) is 0 Å². The molecule has 0 fully saturated rings. The number of hydrogen-bond acceptors (Lipinski definition) is 3. The topological polar surface area (TPSA) is 38.9 Å². The SMILES string of the molecule is CCc1ccc(Cc2ccsc2CN)nc1. The van der Waals surface area contributed by atoms with Crippen molar-refractivity contribution in [1.29, 1.82) is 0 Å². The van der Waals surface area contributed by atoms with Crippen LogP contribution in [0.4, 0.5) is 0 Å². The second kappa shape index (κ2) is 5.23. The number of hydrogen-bond donors (Lipinski definition) is 1. The Bertz CT molecular complexity index is 445. The van der Waals surface area contributed by atoms with Gasteiger partial charge in [0.05, 0.1) is 0 Å². The summed E-state index contributed by atoms with van der Waals surface area (Å²) in [6.45, 7) is 2.77. The molecule has 0 radical (unpaired) electrons. The summed E-state index contributed by atoms with van der Waals surface area (Å²) >= 11 is 1.72. The van der Waals surface area contributed by atoms with Crippen molar-refractivity contribution in [3.63, 3.8) is 0 Å². The molecule has 0 spiro atoms. The van der Waals surface area contributed by atoms with E-state index in [1.165, 1.54) is 16.0 Å². The number of nitrogens with zero attached hydrogens (tertiary/aromatic N) is 1. The van der Waals surface area contributed by atoms with E-state index in [1.807, 2.05) is 6.20 Å². The number of thiophene rings is 1. The molecule has 0 bridgehead atoms. The molecule has 0 aliphatic rings. The van der Waals surface area contributed by atoms with Crippen molar-refractivity contribution in [2.45, 2.75) is 26.3 Å². The molecule has 0 aliphatic heterocycles. The Balaban J connectivity index is 2.14. The van der Waals surface area contributed by atoms with Gasteiger partial charge >= 0.3 is 0 Å². The summed E-state index contributed by atoms with van der Waals surface area (Å²) in [4.78, 5) is 5.73. The Kier molecular flexibility index (Phi) is 3.70. The molecular formula is C13H16N2S. The summed E-state index contributed by atoms with van der Waals surface area (Å²) in [7, 11) is 0. The Hall–Kier alpha value is -1.19. The van der Waals surface area contributed by atoms with E-state index in [0.29, 0.717) is 6.54 Å². The average Bonchev–Trinajstić information content (AvgIpc) is 2.77. The van der Waals surface area contributed by atoms with E-state index in [4.69, 9.17) is 5.73 Å². The van der Waals surface area contributed by atoms with E-state index < -0.39 is 0 Å². The number of nitrogens with two attached hydrogens (primary N) is 1. The molecule has 0 aliphatic carbocycles. The molecule has 2 aromatic rings. The maximum atomic E-state index is 5.68. The van der Waals surface area contributed by atoms with Crippen LogP contribution in [0, 0.1) is 0 Å². The molecule has 84 valence electrons. The van der Waals surface area contributed by atoms with Crippen molar-refractivity contribution in [2.75, 3.05) is 0 Å². The van der Waals surface area contributed by atoms with Crippen LogP contribution in [0.1, 0.15) is 28.6 Å². The summed E-state index contributed by atoms with van der Waals surface area (Å²) in [6, 6.07) is 6.40. The smallest absolute Gasteiger partial charge is 0.0448 e. The highest BCUT2D eigenvalue weighted by Crippen LogP contribution is 2.19. The summed E-state index contributed by atoms with van der Waals surface area (Å²) < 4.78 is 0. The van der Waals surface area contributed by atoms with Gasteiger partial charge in [-0.3, -0.25) is 4.98 Å². The third-order valence-corrected chi connectivity index (χ3v) is 3.67. The molecule has 2 heterocycles. The van der Waals surface area contributed by atoms with Crippen molar-refractivity contribution < 1.29 is 0 Å². The van der Waals surface area contributed by atoms with Gasteiger partial charge in [-0.25, -0.2) is 0 Å². The van der Waals surface area contributed by atoms with E-state index in [1.54, 1.807) is 11.3 Å². The van der Waals surface area contributed by atoms with Gasteiger partial charge in [-0.1, -0.05) is 13.0 Å². The number of rotatable bonds is 4. The second-order valence-corrected chi connectivity index (χ2v) is 4.76. The van der Waals surface area contributed by atoms with Gasteiger partial charge in [0.2, 0.25) is 0 Å². The van der Waals surface area contributed by atoms with Gasteiger partial charge in [-0.2, -0.15) is 0 Å². The molecule has 2 N–H and O–H groups in total. The minimum absolute atomic E-state index is 0.625. The van der Waals surface area contributed by atoms with Crippen LogP contribution in [0.15, 0.2) is 29.8 Å². The van der Waals surface area contributed by atoms with Crippen molar-refractivity contribution in [3.05, 3.63) is 51.5 Å². The van der Waals surface area contributed by atoms with E-state index in [0.717, 1.165) is 18.5 Å². The lowest BCUT2D eigenvalue weighted by molar-refractivity contribution is 1.00. The van der Waals surface area contributed by atoms with Crippen LogP contribution in [0.5, 0.6) is 0 Å². The van der Waals surface area contributed by atoms with Gasteiger partial charge in [0.1, 0.15) is 0 Å². The predicted molar refractivity (Wildman–Crippen MR) is 68.6 cm³/mol. The zero-order chi connectivity index (χ0) is 11.4. The van der Waals surface area contributed by atoms with Gasteiger partial charge in [0, 0.05) is 29.7 Å². The van der Waals surface area contributed by atoms with E-state index >= 15 is 0 Å². The quantitative estimate of drug-likeness (QED) is 0.880. The summed E-state index contributed by atoms with van der Waals surface area (Å²) in [6.07, 6.45) is 3.89. The molecule has 2 nitrogen and oxygen atoms in total. The fraction of sp³-hybridized carbons (Fsp3) is 0.308. The molecule has 0 atom stereocenters. The van der Waals surface area contributed by atoms with Gasteiger partial charge in [-0.15, -0.1) is 11.3 Å². The average molecular weight is 232 g/mol. The zero-order valence-corrected chi connectivity index (χ0v) is 10.3. The van der Waals surface area contributed by atoms with Crippen LogP contribution < -0.4 is 5.73 Å². The Morgan fingerprint density at radius 2 is 2.19 bits per heavy atom. The van der Waals surface area contributed by atoms with Gasteiger partial charge < -0.3 is 5.73 Å². The van der Waals surface area contributed by atoms with Crippen LogP contribution in [-0.2, 0) is 19.4 Å². The van der Waals surface area contributed by atoms with Crippen LogP contribution in [-0.4, -0.2) is 4.98 Å². The number of aromatic nitrogens is 1. The molecular weight excluding hydrogens is 216 g/mol. The second-order valence-electron chi connectivity index (χ2n) is 3.76. The molecule has 0 amide bonds. The minimum Gasteiger partial charge on any atom is -0.326 e. The molecule has 2 aromatic heterocycles. The van der Waals surface area contributed by atoms with E-state index in [-0.39, 0.29) is 0 Å². The summed E-state index contributed by atoms with van der Waals surface area (Å²) in [5, 5.41) is 2.10. The van der Waals surface area contributed by atoms with Gasteiger partial charge in [-0.05, 0) is 35.1 Å². The third kappa shape index (κ3) is 2.49. The predicted octanol–water partition coefficient (Wildman–Crippen LogP) is 2.75. The molecule has 16 heavy (non-hydrogen) atoms. The molecule has 0 saturated heterocycles. The molecule has 2 rings (SSSR count). The van der Waals surface area contributed by atoms with Gasteiger partial charge in [0.15, 0.2) is 0 Å². The first-order valence-corrected chi connectivity index (χ1v) is 6.40. The highest BCUT2D eigenvalue weighted by molar-refractivity contribution is 7.10. The van der Waals surface area contributed by atoms with Crippen molar-refractivity contribution in [1.82, 2.24) is 4.98 Å². The van der Waals surface area contributed by atoms with Crippen LogP contribution in [0.3, 0.4) is 0 Å². The van der Waals surface area contributed by atoms with Crippen LogP contribution >= 0.6 is 11.3 Å². The van der Waals surface area contributed by atoms with E-state index in [2.05, 4.69) is 35.5 Å². The first-order chi connectivity index (χ1) is 7.83. The van der Waals surface area contributed by atoms with Crippen molar-refractivity contribution in [3.8, 4) is 0 Å². The molecule has 0 unspecified atom stereocenters.